The predicted molar refractivity (Wildman–Crippen MR) is 73.7 cm³/mol. The normalized spacial score (nSPS) is 12.4. The molecule has 3 heteroatoms. The highest BCUT2D eigenvalue weighted by Crippen LogP contribution is 2.17. The monoisotopic (exact) mass is 242 g/mol. The number of imidazole rings is 1. The highest BCUT2D eigenvalue weighted by atomic mass is 16.1. The van der Waals surface area contributed by atoms with Crippen molar-refractivity contribution in [1.29, 1.82) is 0 Å². The van der Waals surface area contributed by atoms with E-state index in [2.05, 4.69) is 37.9 Å². The number of nitrogens with zero attached hydrogens (tertiary/aromatic N) is 2. The van der Waals surface area contributed by atoms with E-state index >= 15 is 0 Å². The number of carbonyl (C=O) groups is 1. The van der Waals surface area contributed by atoms with Crippen molar-refractivity contribution in [2.75, 3.05) is 0 Å². The molecule has 0 bridgehead atoms. The van der Waals surface area contributed by atoms with Crippen molar-refractivity contribution in [2.45, 2.75) is 27.3 Å². The fourth-order valence-corrected chi connectivity index (χ4v) is 1.89. The topological polar surface area (TPSA) is 34.9 Å². The maximum absolute atomic E-state index is 11.0. The minimum absolute atomic E-state index is 0.151. The summed E-state index contributed by atoms with van der Waals surface area (Å²) >= 11 is 0. The van der Waals surface area contributed by atoms with E-state index in [0.29, 0.717) is 12.4 Å². The van der Waals surface area contributed by atoms with Crippen LogP contribution in [-0.4, -0.2) is 15.8 Å². The van der Waals surface area contributed by atoms with Gasteiger partial charge >= 0.3 is 0 Å². The lowest BCUT2D eigenvalue weighted by Crippen LogP contribution is -2.03. The van der Waals surface area contributed by atoms with Gasteiger partial charge in [0.2, 0.25) is 0 Å². The van der Waals surface area contributed by atoms with Gasteiger partial charge < -0.3 is 4.57 Å². The second-order valence-corrected chi connectivity index (χ2v) is 5.46. The second kappa shape index (κ2) is 4.77. The third-order valence-corrected chi connectivity index (χ3v) is 2.70. The molecule has 1 aromatic carbocycles. The van der Waals surface area contributed by atoms with Gasteiger partial charge in [0.15, 0.2) is 12.1 Å². The molecule has 0 aliphatic carbocycles. The van der Waals surface area contributed by atoms with Crippen LogP contribution in [0.3, 0.4) is 0 Å². The van der Waals surface area contributed by atoms with E-state index in [1.54, 1.807) is 0 Å². The summed E-state index contributed by atoms with van der Waals surface area (Å²) in [4.78, 5) is 15.4. The average Bonchev–Trinajstić information content (AvgIpc) is 2.66. The number of para-hydroxylation sites is 2. The molecule has 0 fully saturated rings. The Morgan fingerprint density at radius 1 is 1.28 bits per heavy atom. The molecule has 18 heavy (non-hydrogen) atoms. The zero-order valence-electron chi connectivity index (χ0n) is 11.1. The molecule has 2 rings (SSSR count). The molecule has 2 aromatic rings. The van der Waals surface area contributed by atoms with Gasteiger partial charge in [0.25, 0.3) is 0 Å². The number of aromatic nitrogens is 2. The second-order valence-electron chi connectivity index (χ2n) is 5.46. The Balaban J connectivity index is 2.37. The summed E-state index contributed by atoms with van der Waals surface area (Å²) in [6.07, 6.45) is 5.04. The first-order chi connectivity index (χ1) is 8.51. The van der Waals surface area contributed by atoms with Crippen molar-refractivity contribution in [3.05, 3.63) is 42.2 Å². The Morgan fingerprint density at radius 3 is 2.67 bits per heavy atom. The van der Waals surface area contributed by atoms with Crippen LogP contribution in [0.4, 0.5) is 0 Å². The lowest BCUT2D eigenvalue weighted by molar-refractivity contribution is 0.111. The third-order valence-electron chi connectivity index (χ3n) is 2.70. The lowest BCUT2D eigenvalue weighted by Gasteiger charge is -2.11. The van der Waals surface area contributed by atoms with Crippen molar-refractivity contribution >= 4 is 17.3 Å². The van der Waals surface area contributed by atoms with Gasteiger partial charge in [0, 0.05) is 6.54 Å². The molecule has 0 amide bonds. The first-order valence-corrected chi connectivity index (χ1v) is 6.09. The lowest BCUT2D eigenvalue weighted by atomic mass is 9.96. The molecule has 0 aliphatic rings. The predicted octanol–water partition coefficient (Wildman–Crippen LogP) is 3.45. The molecule has 0 unspecified atom stereocenters. The van der Waals surface area contributed by atoms with Gasteiger partial charge in [-0.2, -0.15) is 0 Å². The summed E-state index contributed by atoms with van der Waals surface area (Å²) in [6.45, 7) is 7.12. The number of benzene rings is 1. The van der Waals surface area contributed by atoms with Gasteiger partial charge in [-0.25, -0.2) is 4.98 Å². The zero-order valence-corrected chi connectivity index (χ0v) is 11.1. The van der Waals surface area contributed by atoms with Crippen LogP contribution in [0.5, 0.6) is 0 Å². The summed E-state index contributed by atoms with van der Waals surface area (Å²) in [7, 11) is 0. The Hall–Kier alpha value is -1.90. The molecule has 0 saturated heterocycles. The Bertz CT molecular complexity index is 588. The number of rotatable bonds is 3. The maximum atomic E-state index is 11.0. The van der Waals surface area contributed by atoms with Gasteiger partial charge in [-0.15, -0.1) is 0 Å². The van der Waals surface area contributed by atoms with E-state index in [1.165, 1.54) is 0 Å². The minimum Gasteiger partial charge on any atom is -0.318 e. The van der Waals surface area contributed by atoms with E-state index < -0.39 is 0 Å². The summed E-state index contributed by atoms with van der Waals surface area (Å²) in [5.74, 6) is 0.481. The maximum Gasteiger partial charge on any atom is 0.185 e. The molecule has 1 aromatic heterocycles. The molecule has 0 N–H and O–H groups in total. The molecule has 0 saturated carbocycles. The van der Waals surface area contributed by atoms with Crippen molar-refractivity contribution in [2.24, 2.45) is 5.41 Å². The van der Waals surface area contributed by atoms with Crippen LogP contribution >= 0.6 is 0 Å². The first kappa shape index (κ1) is 12.6. The van der Waals surface area contributed by atoms with E-state index in [1.807, 2.05) is 28.8 Å². The van der Waals surface area contributed by atoms with Crippen LogP contribution < -0.4 is 0 Å². The standard InChI is InChI=1S/C15H18N2O/c1-15(2,3)9-6-10-17-13-8-5-4-7-12(13)16-14(17)11-18/h4-9,11H,10H2,1-3H3/b9-6+. The molecule has 0 atom stereocenters. The fourth-order valence-electron chi connectivity index (χ4n) is 1.89. The average molecular weight is 242 g/mol. The molecular formula is C15H18N2O. The fraction of sp³-hybridized carbons (Fsp3) is 0.333. The number of hydrogen-bond donors (Lipinski definition) is 0. The van der Waals surface area contributed by atoms with Crippen LogP contribution in [0.1, 0.15) is 31.4 Å². The molecule has 1 heterocycles. The van der Waals surface area contributed by atoms with E-state index in [9.17, 15) is 4.79 Å². The molecule has 94 valence electrons. The van der Waals surface area contributed by atoms with Crippen LogP contribution in [0.15, 0.2) is 36.4 Å². The SMILES string of the molecule is CC(C)(C)/C=C/Cn1c(C=O)nc2ccccc21. The molecule has 0 spiro atoms. The summed E-state index contributed by atoms with van der Waals surface area (Å²) < 4.78 is 1.94. The van der Waals surface area contributed by atoms with Crippen LogP contribution in [0, 0.1) is 5.41 Å². The van der Waals surface area contributed by atoms with Crippen LogP contribution in [0.25, 0.3) is 11.0 Å². The van der Waals surface area contributed by atoms with E-state index in [4.69, 9.17) is 0 Å². The van der Waals surface area contributed by atoms with E-state index in [-0.39, 0.29) is 5.41 Å². The number of hydrogen-bond acceptors (Lipinski definition) is 2. The molecule has 0 radical (unpaired) electrons. The van der Waals surface area contributed by atoms with Gasteiger partial charge in [0.05, 0.1) is 11.0 Å². The van der Waals surface area contributed by atoms with Crippen molar-refractivity contribution in [3.8, 4) is 0 Å². The number of aldehydes is 1. The Labute approximate surface area is 107 Å². The number of carbonyl (C=O) groups excluding carboxylic acids is 1. The molecule has 3 nitrogen and oxygen atoms in total. The number of allylic oxidation sites excluding steroid dienone is 2. The van der Waals surface area contributed by atoms with Crippen molar-refractivity contribution in [1.82, 2.24) is 9.55 Å². The highest BCUT2D eigenvalue weighted by molar-refractivity contribution is 5.83. The highest BCUT2D eigenvalue weighted by Gasteiger charge is 2.08. The summed E-state index contributed by atoms with van der Waals surface area (Å²) in [5.41, 5.74) is 2.01. The van der Waals surface area contributed by atoms with Gasteiger partial charge in [-0.05, 0) is 17.5 Å². The Kier molecular flexibility index (Phi) is 3.32. The van der Waals surface area contributed by atoms with E-state index in [0.717, 1.165) is 17.3 Å². The van der Waals surface area contributed by atoms with Crippen LogP contribution in [0.2, 0.25) is 0 Å². The summed E-state index contributed by atoms with van der Waals surface area (Å²) in [5, 5.41) is 0. The number of fused-ring (bicyclic) bond motifs is 1. The third kappa shape index (κ3) is 2.67. The zero-order chi connectivity index (χ0) is 13.2. The first-order valence-electron chi connectivity index (χ1n) is 6.09. The van der Waals surface area contributed by atoms with Crippen molar-refractivity contribution < 1.29 is 4.79 Å². The van der Waals surface area contributed by atoms with Crippen molar-refractivity contribution in [3.63, 3.8) is 0 Å². The summed E-state index contributed by atoms with van der Waals surface area (Å²) in [6, 6.07) is 7.80. The smallest absolute Gasteiger partial charge is 0.185 e. The minimum atomic E-state index is 0.151. The molecule has 0 aliphatic heterocycles. The molecular weight excluding hydrogens is 224 g/mol. The van der Waals surface area contributed by atoms with Gasteiger partial charge in [-0.1, -0.05) is 45.1 Å². The van der Waals surface area contributed by atoms with Gasteiger partial charge in [-0.3, -0.25) is 4.79 Å². The van der Waals surface area contributed by atoms with Gasteiger partial charge in [0.1, 0.15) is 0 Å². The largest absolute Gasteiger partial charge is 0.318 e. The van der Waals surface area contributed by atoms with Crippen LogP contribution in [-0.2, 0) is 6.54 Å². The quantitative estimate of drug-likeness (QED) is 0.610. The Morgan fingerprint density at radius 2 is 2.00 bits per heavy atom.